The van der Waals surface area contributed by atoms with Crippen molar-refractivity contribution in [2.45, 2.75) is 46.1 Å². The molecule has 0 aliphatic carbocycles. The molecule has 0 saturated heterocycles. The maximum Gasteiger partial charge on any atom is 0.156 e. The van der Waals surface area contributed by atoms with Crippen LogP contribution in [-0.4, -0.2) is 23.5 Å². The van der Waals surface area contributed by atoms with Gasteiger partial charge in [0.25, 0.3) is 0 Å². The molecule has 1 rings (SSSR count). The van der Waals surface area contributed by atoms with E-state index in [0.717, 1.165) is 17.6 Å². The number of rotatable bonds is 4. The number of nitrogens with one attached hydrogen (secondary N) is 1. The van der Waals surface area contributed by atoms with Crippen LogP contribution in [0.2, 0.25) is 0 Å². The number of thioether (sulfide) groups is 1. The molecule has 1 aliphatic rings. The largest absolute Gasteiger partial charge is 0.362 e. The molecule has 0 saturated carbocycles. The third kappa shape index (κ3) is 4.89. The number of hydrogen-bond acceptors (Lipinski definition) is 3. The summed E-state index contributed by atoms with van der Waals surface area (Å²) in [6.07, 6.45) is 3.78. The minimum atomic E-state index is 0.571. The van der Waals surface area contributed by atoms with Gasteiger partial charge in [-0.25, -0.2) is 0 Å². The number of nitrogens with zero attached hydrogens (tertiary/aromatic N) is 1. The first-order valence-corrected chi connectivity index (χ1v) is 6.61. The maximum absolute atomic E-state index is 4.47. The van der Waals surface area contributed by atoms with Crippen molar-refractivity contribution in [3.8, 4) is 0 Å². The predicted octanol–water partition coefficient (Wildman–Crippen LogP) is 2.89. The fourth-order valence-corrected chi connectivity index (χ4v) is 2.35. The monoisotopic (exact) mass is 214 g/mol. The van der Waals surface area contributed by atoms with Crippen LogP contribution < -0.4 is 5.32 Å². The lowest BCUT2D eigenvalue weighted by molar-refractivity contribution is 0.494. The fourth-order valence-electron chi connectivity index (χ4n) is 1.41. The number of aliphatic imine (C=N–C) groups is 1. The topological polar surface area (TPSA) is 24.4 Å². The Morgan fingerprint density at radius 3 is 2.71 bits per heavy atom. The molecule has 0 spiro atoms. The molecule has 1 unspecified atom stereocenters. The highest BCUT2D eigenvalue weighted by atomic mass is 32.2. The fraction of sp³-hybridized carbons (Fsp3) is 0.909. The molecule has 0 aromatic heterocycles. The van der Waals surface area contributed by atoms with E-state index >= 15 is 0 Å². The number of hydrogen-bond donors (Lipinski definition) is 1. The second-order valence-electron chi connectivity index (χ2n) is 4.41. The summed E-state index contributed by atoms with van der Waals surface area (Å²) >= 11 is 1.86. The van der Waals surface area contributed by atoms with Crippen molar-refractivity contribution in [1.29, 1.82) is 0 Å². The van der Waals surface area contributed by atoms with E-state index in [-0.39, 0.29) is 0 Å². The van der Waals surface area contributed by atoms with Gasteiger partial charge in [-0.3, -0.25) is 4.99 Å². The van der Waals surface area contributed by atoms with Crippen LogP contribution in [0.4, 0.5) is 0 Å². The van der Waals surface area contributed by atoms with Crippen LogP contribution in [0, 0.1) is 5.92 Å². The van der Waals surface area contributed by atoms with Gasteiger partial charge < -0.3 is 5.32 Å². The molecule has 14 heavy (non-hydrogen) atoms. The highest BCUT2D eigenvalue weighted by Crippen LogP contribution is 2.12. The van der Waals surface area contributed by atoms with Crippen molar-refractivity contribution in [2.75, 3.05) is 12.3 Å². The summed E-state index contributed by atoms with van der Waals surface area (Å²) in [5.74, 6) is 2.03. The highest BCUT2D eigenvalue weighted by Gasteiger charge is 2.09. The normalized spacial score (nSPS) is 19.3. The average molecular weight is 214 g/mol. The molecule has 0 fully saturated rings. The Morgan fingerprint density at radius 1 is 1.36 bits per heavy atom. The van der Waals surface area contributed by atoms with Crippen molar-refractivity contribution >= 4 is 16.9 Å². The lowest BCUT2D eigenvalue weighted by Crippen LogP contribution is -2.32. The quantitative estimate of drug-likeness (QED) is 0.778. The Hall–Kier alpha value is -0.180. The van der Waals surface area contributed by atoms with Crippen LogP contribution in [-0.2, 0) is 0 Å². The van der Waals surface area contributed by atoms with E-state index in [1.165, 1.54) is 25.0 Å². The van der Waals surface area contributed by atoms with Crippen molar-refractivity contribution in [2.24, 2.45) is 10.9 Å². The minimum absolute atomic E-state index is 0.571. The summed E-state index contributed by atoms with van der Waals surface area (Å²) in [6, 6.07) is 0.571. The van der Waals surface area contributed by atoms with E-state index in [1.807, 2.05) is 11.8 Å². The van der Waals surface area contributed by atoms with Gasteiger partial charge in [-0.15, -0.1) is 0 Å². The van der Waals surface area contributed by atoms with Gasteiger partial charge in [0.15, 0.2) is 5.17 Å². The third-order valence-electron chi connectivity index (χ3n) is 2.34. The Kier molecular flexibility index (Phi) is 5.38. The Bertz CT molecular complexity index is 190. The molecule has 0 radical (unpaired) electrons. The molecular formula is C11H22N2S. The summed E-state index contributed by atoms with van der Waals surface area (Å²) in [5.41, 5.74) is 0. The van der Waals surface area contributed by atoms with Crippen molar-refractivity contribution in [3.63, 3.8) is 0 Å². The SMILES string of the molecule is CC(C)CCC(C)NC1=NCCCS1. The van der Waals surface area contributed by atoms with Gasteiger partial charge in [0.1, 0.15) is 0 Å². The Morgan fingerprint density at radius 2 is 2.14 bits per heavy atom. The van der Waals surface area contributed by atoms with Crippen LogP contribution in [0.15, 0.2) is 4.99 Å². The summed E-state index contributed by atoms with van der Waals surface area (Å²) in [7, 11) is 0. The van der Waals surface area contributed by atoms with Gasteiger partial charge in [-0.2, -0.15) is 0 Å². The van der Waals surface area contributed by atoms with Crippen molar-refractivity contribution in [1.82, 2.24) is 5.32 Å². The molecule has 0 aromatic carbocycles. The predicted molar refractivity (Wildman–Crippen MR) is 66.0 cm³/mol. The molecule has 1 aliphatic heterocycles. The molecule has 0 aromatic rings. The summed E-state index contributed by atoms with van der Waals surface area (Å²) in [6.45, 7) is 7.81. The first-order valence-electron chi connectivity index (χ1n) is 5.62. The van der Waals surface area contributed by atoms with Gasteiger partial charge in [-0.1, -0.05) is 25.6 Å². The van der Waals surface area contributed by atoms with Gasteiger partial charge in [0.2, 0.25) is 0 Å². The molecule has 0 bridgehead atoms. The third-order valence-corrected chi connectivity index (χ3v) is 3.36. The summed E-state index contributed by atoms with van der Waals surface area (Å²) in [4.78, 5) is 4.47. The van der Waals surface area contributed by atoms with E-state index in [4.69, 9.17) is 0 Å². The first kappa shape index (κ1) is 11.9. The van der Waals surface area contributed by atoms with Gasteiger partial charge >= 0.3 is 0 Å². The first-order chi connectivity index (χ1) is 6.68. The van der Waals surface area contributed by atoms with Gasteiger partial charge in [0, 0.05) is 18.3 Å². The van der Waals surface area contributed by atoms with Crippen LogP contribution in [0.1, 0.15) is 40.0 Å². The highest BCUT2D eigenvalue weighted by molar-refractivity contribution is 8.13. The molecule has 1 N–H and O–H groups in total. The zero-order valence-electron chi connectivity index (χ0n) is 9.55. The minimum Gasteiger partial charge on any atom is -0.362 e. The van der Waals surface area contributed by atoms with Gasteiger partial charge in [0.05, 0.1) is 0 Å². The Labute approximate surface area is 92.0 Å². The van der Waals surface area contributed by atoms with Crippen molar-refractivity contribution < 1.29 is 0 Å². The van der Waals surface area contributed by atoms with Gasteiger partial charge in [-0.05, 0) is 32.1 Å². The smallest absolute Gasteiger partial charge is 0.156 e. The van der Waals surface area contributed by atoms with E-state index in [9.17, 15) is 0 Å². The molecule has 0 amide bonds. The Balaban J connectivity index is 2.18. The van der Waals surface area contributed by atoms with E-state index in [1.54, 1.807) is 0 Å². The number of amidine groups is 1. The van der Waals surface area contributed by atoms with Crippen LogP contribution in [0.25, 0.3) is 0 Å². The van der Waals surface area contributed by atoms with E-state index in [2.05, 4.69) is 31.1 Å². The zero-order chi connectivity index (χ0) is 10.4. The molecule has 2 nitrogen and oxygen atoms in total. The van der Waals surface area contributed by atoms with Crippen LogP contribution in [0.3, 0.4) is 0 Å². The summed E-state index contributed by atoms with van der Waals surface area (Å²) in [5, 5.41) is 4.65. The maximum atomic E-state index is 4.47. The molecule has 3 heteroatoms. The van der Waals surface area contributed by atoms with Crippen molar-refractivity contribution in [3.05, 3.63) is 0 Å². The standard InChI is InChI=1S/C11H22N2S/c1-9(2)5-6-10(3)13-11-12-7-4-8-14-11/h9-10H,4-8H2,1-3H3,(H,12,13). The second kappa shape index (κ2) is 6.33. The average Bonchev–Trinajstić information content (AvgIpc) is 2.16. The molecular weight excluding hydrogens is 192 g/mol. The molecule has 82 valence electrons. The van der Waals surface area contributed by atoms with Crippen LogP contribution in [0.5, 0.6) is 0 Å². The van der Waals surface area contributed by atoms with E-state index in [0.29, 0.717) is 6.04 Å². The lowest BCUT2D eigenvalue weighted by Gasteiger charge is -2.19. The summed E-state index contributed by atoms with van der Waals surface area (Å²) < 4.78 is 0. The molecule has 1 heterocycles. The lowest BCUT2D eigenvalue weighted by atomic mass is 10.0. The molecule has 1 atom stereocenters. The second-order valence-corrected chi connectivity index (χ2v) is 5.49. The van der Waals surface area contributed by atoms with E-state index < -0.39 is 0 Å². The van der Waals surface area contributed by atoms with Crippen LogP contribution >= 0.6 is 11.8 Å². The zero-order valence-corrected chi connectivity index (χ0v) is 10.4.